The molecule has 1 fully saturated rings. The number of amides is 1. The maximum absolute atomic E-state index is 12.5. The number of rotatable bonds is 4. The highest BCUT2D eigenvalue weighted by molar-refractivity contribution is 5.74. The van der Waals surface area contributed by atoms with Gasteiger partial charge in [0.2, 0.25) is 0 Å². The van der Waals surface area contributed by atoms with Crippen molar-refractivity contribution in [3.05, 3.63) is 0 Å². The molecule has 4 nitrogen and oxygen atoms in total. The highest BCUT2D eigenvalue weighted by Gasteiger charge is 2.35. The second kappa shape index (κ2) is 7.81. The highest BCUT2D eigenvalue weighted by Crippen LogP contribution is 2.29. The van der Waals surface area contributed by atoms with Crippen LogP contribution >= 0.6 is 0 Å². The minimum Gasteiger partial charge on any atom is -0.444 e. The van der Waals surface area contributed by atoms with Crippen LogP contribution in [-0.4, -0.2) is 35.0 Å². The molecule has 0 bridgehead atoms. The molecule has 1 aliphatic carbocycles. The minimum atomic E-state index is -0.541. The fourth-order valence-corrected chi connectivity index (χ4v) is 3.05. The lowest BCUT2D eigenvalue weighted by molar-refractivity contribution is -0.115. The molecule has 122 valence electrons. The van der Waals surface area contributed by atoms with E-state index in [2.05, 4.69) is 0 Å². The van der Waals surface area contributed by atoms with Crippen molar-refractivity contribution in [2.24, 2.45) is 5.92 Å². The fourth-order valence-electron chi connectivity index (χ4n) is 3.05. The van der Waals surface area contributed by atoms with Gasteiger partial charge in [0.1, 0.15) is 11.9 Å². The minimum absolute atomic E-state index is 0.0432. The Morgan fingerprint density at radius 3 is 2.05 bits per heavy atom. The zero-order valence-corrected chi connectivity index (χ0v) is 14.2. The molecular formula is C17H31NO3. The Morgan fingerprint density at radius 2 is 1.67 bits per heavy atom. The first kappa shape index (κ1) is 18.0. The number of hydrogen-bond donors (Lipinski definition) is 0. The summed E-state index contributed by atoms with van der Waals surface area (Å²) in [5.41, 5.74) is -0.541. The molecule has 1 unspecified atom stereocenters. The van der Waals surface area contributed by atoms with Gasteiger partial charge in [-0.05, 0) is 53.4 Å². The summed E-state index contributed by atoms with van der Waals surface area (Å²) in [6, 6.07) is -0.406. The Morgan fingerprint density at radius 1 is 1.14 bits per heavy atom. The Balaban J connectivity index is 2.89. The van der Waals surface area contributed by atoms with Crippen LogP contribution < -0.4 is 0 Å². The van der Waals surface area contributed by atoms with E-state index in [1.807, 2.05) is 34.6 Å². The van der Waals surface area contributed by atoms with Crippen LogP contribution in [0.15, 0.2) is 0 Å². The molecule has 1 aliphatic rings. The van der Waals surface area contributed by atoms with E-state index in [0.29, 0.717) is 0 Å². The maximum Gasteiger partial charge on any atom is 0.411 e. The monoisotopic (exact) mass is 297 g/mol. The summed E-state index contributed by atoms with van der Waals surface area (Å²) in [4.78, 5) is 25.8. The molecule has 1 saturated carbocycles. The molecule has 1 atom stereocenters. The summed E-state index contributed by atoms with van der Waals surface area (Å²) in [7, 11) is 0. The molecule has 0 aromatic carbocycles. The molecule has 4 heteroatoms. The molecule has 0 aliphatic heterocycles. The average molecular weight is 297 g/mol. The van der Waals surface area contributed by atoms with Gasteiger partial charge in [-0.2, -0.15) is 0 Å². The van der Waals surface area contributed by atoms with Gasteiger partial charge >= 0.3 is 6.09 Å². The summed E-state index contributed by atoms with van der Waals surface area (Å²) in [5, 5.41) is 0. The number of hydrogen-bond acceptors (Lipinski definition) is 3. The van der Waals surface area contributed by atoms with Gasteiger partial charge in [0.15, 0.2) is 0 Å². The van der Waals surface area contributed by atoms with Gasteiger partial charge in [0.05, 0.1) is 6.04 Å². The second-order valence-electron chi connectivity index (χ2n) is 7.36. The van der Waals surface area contributed by atoms with Crippen LogP contribution in [0.2, 0.25) is 0 Å². The van der Waals surface area contributed by atoms with Gasteiger partial charge in [-0.3, -0.25) is 4.90 Å². The van der Waals surface area contributed by atoms with Crippen LogP contribution in [-0.2, 0) is 9.53 Å². The molecule has 1 rings (SSSR count). The van der Waals surface area contributed by atoms with Crippen molar-refractivity contribution in [3.63, 3.8) is 0 Å². The van der Waals surface area contributed by atoms with Gasteiger partial charge < -0.3 is 9.53 Å². The molecule has 21 heavy (non-hydrogen) atoms. The summed E-state index contributed by atoms with van der Waals surface area (Å²) in [6.07, 6.45) is 7.38. The topological polar surface area (TPSA) is 46.6 Å². The van der Waals surface area contributed by atoms with Gasteiger partial charge in [-0.25, -0.2) is 4.79 Å². The fraction of sp³-hybridized carbons (Fsp3) is 0.882. The summed E-state index contributed by atoms with van der Waals surface area (Å²) < 4.78 is 5.49. The van der Waals surface area contributed by atoms with Crippen molar-refractivity contribution < 1.29 is 14.3 Å². The van der Waals surface area contributed by atoms with Crippen LogP contribution in [0.1, 0.15) is 73.1 Å². The van der Waals surface area contributed by atoms with Crippen molar-refractivity contribution in [3.8, 4) is 0 Å². The van der Waals surface area contributed by atoms with E-state index >= 15 is 0 Å². The Hall–Kier alpha value is -1.06. The molecule has 0 saturated heterocycles. The lowest BCUT2D eigenvalue weighted by atomic mass is 9.91. The van der Waals surface area contributed by atoms with E-state index in [1.165, 1.54) is 12.8 Å². The molecule has 0 aromatic heterocycles. The maximum atomic E-state index is 12.5. The predicted molar refractivity (Wildman–Crippen MR) is 84.3 cm³/mol. The van der Waals surface area contributed by atoms with Crippen molar-refractivity contribution in [1.82, 2.24) is 4.90 Å². The van der Waals surface area contributed by atoms with Crippen LogP contribution in [0.5, 0.6) is 0 Å². The van der Waals surface area contributed by atoms with Crippen molar-refractivity contribution >= 4 is 12.4 Å². The number of carbonyl (C=O) groups is 2. The summed E-state index contributed by atoms with van der Waals surface area (Å²) in [5.74, 6) is 0.264. The second-order valence-corrected chi connectivity index (χ2v) is 7.36. The first-order valence-corrected chi connectivity index (χ1v) is 8.23. The lowest BCUT2D eigenvalue weighted by Crippen LogP contribution is -2.51. The normalized spacial score (nSPS) is 19.0. The van der Waals surface area contributed by atoms with Crippen LogP contribution in [0, 0.1) is 5.92 Å². The quantitative estimate of drug-likeness (QED) is 0.578. The van der Waals surface area contributed by atoms with Gasteiger partial charge in [0.25, 0.3) is 0 Å². The zero-order chi connectivity index (χ0) is 16.0. The number of carbonyl (C=O) groups excluding carboxylic acids is 2. The van der Waals surface area contributed by atoms with Crippen molar-refractivity contribution in [2.75, 3.05) is 0 Å². The number of ether oxygens (including phenoxy) is 1. The number of nitrogens with zero attached hydrogens (tertiary/aromatic N) is 1. The van der Waals surface area contributed by atoms with Crippen LogP contribution in [0.25, 0.3) is 0 Å². The third kappa shape index (κ3) is 5.68. The predicted octanol–water partition coefficient (Wildman–Crippen LogP) is 4.17. The molecule has 0 aromatic rings. The smallest absolute Gasteiger partial charge is 0.411 e. The Labute approximate surface area is 129 Å². The molecule has 1 amide bonds. The van der Waals surface area contributed by atoms with Gasteiger partial charge in [-0.15, -0.1) is 0 Å². The van der Waals surface area contributed by atoms with E-state index < -0.39 is 5.60 Å². The molecular weight excluding hydrogens is 266 g/mol. The Bertz CT molecular complexity index is 338. The van der Waals surface area contributed by atoms with Gasteiger partial charge in [0, 0.05) is 6.04 Å². The van der Waals surface area contributed by atoms with E-state index in [4.69, 9.17) is 4.74 Å². The summed E-state index contributed by atoms with van der Waals surface area (Å²) in [6.45, 7) is 9.44. The average Bonchev–Trinajstić information content (AvgIpc) is 2.61. The molecule has 0 heterocycles. The number of aldehydes is 1. The Kier molecular flexibility index (Phi) is 6.69. The van der Waals surface area contributed by atoms with Gasteiger partial charge in [-0.1, -0.05) is 25.7 Å². The van der Waals surface area contributed by atoms with E-state index in [-0.39, 0.29) is 24.1 Å². The van der Waals surface area contributed by atoms with Crippen molar-refractivity contribution in [2.45, 2.75) is 90.8 Å². The van der Waals surface area contributed by atoms with E-state index in [9.17, 15) is 9.59 Å². The first-order valence-electron chi connectivity index (χ1n) is 8.23. The molecule has 0 N–H and O–H groups in total. The lowest BCUT2D eigenvalue weighted by Gasteiger charge is -2.37. The van der Waals surface area contributed by atoms with E-state index in [0.717, 1.165) is 32.0 Å². The van der Waals surface area contributed by atoms with Crippen LogP contribution in [0.3, 0.4) is 0 Å². The van der Waals surface area contributed by atoms with E-state index in [1.54, 1.807) is 4.90 Å². The third-order valence-electron chi connectivity index (χ3n) is 4.00. The largest absolute Gasteiger partial charge is 0.444 e. The molecule has 0 radical (unpaired) electrons. The standard InChI is InChI=1S/C17H31NO3/c1-13(2)18(16(20)21-17(3,4)5)15(12-19)14-10-8-6-7-9-11-14/h12-15H,6-11H2,1-5H3. The summed E-state index contributed by atoms with van der Waals surface area (Å²) >= 11 is 0. The third-order valence-corrected chi connectivity index (χ3v) is 4.00. The van der Waals surface area contributed by atoms with Crippen LogP contribution in [0.4, 0.5) is 4.79 Å². The molecule has 0 spiro atoms. The highest BCUT2D eigenvalue weighted by atomic mass is 16.6. The first-order chi connectivity index (χ1) is 9.76. The van der Waals surface area contributed by atoms with Crippen molar-refractivity contribution in [1.29, 1.82) is 0 Å². The SMILES string of the molecule is CC(C)N(C(=O)OC(C)(C)C)C(C=O)C1CCCCCC1. The zero-order valence-electron chi connectivity index (χ0n) is 14.2.